The number of rotatable bonds is 7. The lowest BCUT2D eigenvalue weighted by Gasteiger charge is -2.42. The molecule has 10 nitrogen and oxygen atoms in total. The molecule has 1 aliphatic heterocycles. The molecule has 1 amide bonds. The van der Waals surface area contributed by atoms with Gasteiger partial charge >= 0.3 is 5.97 Å². The van der Waals surface area contributed by atoms with Crippen LogP contribution in [-0.2, 0) is 21.0 Å². The molecule has 2 aromatic heterocycles. The fourth-order valence-electron chi connectivity index (χ4n) is 5.05. The monoisotopic (exact) mass is 454 g/mol. The Morgan fingerprint density at radius 2 is 2.06 bits per heavy atom. The average Bonchev–Trinajstić information content (AvgIpc) is 3.31. The van der Waals surface area contributed by atoms with Gasteiger partial charge in [-0.05, 0) is 32.8 Å². The molecule has 5 rings (SSSR count). The van der Waals surface area contributed by atoms with Gasteiger partial charge in [-0.2, -0.15) is 5.10 Å². The normalized spacial score (nSPS) is 28.1. The summed E-state index contributed by atoms with van der Waals surface area (Å²) in [7, 11) is 0. The van der Waals surface area contributed by atoms with E-state index < -0.39 is 11.6 Å². The number of anilines is 1. The standard InChI is InChI=1S/C23H30N6O4/c1-4-18(30)25-15-8-23(9-15)10-17(28-33-23)16-11-24-21-19(12(3)27-29(21)5-2)20(16)26-14-6-13(7-14)22(31)32/h10-11,13-15,28H,4-9H2,1-3H3,(H,24,26)(H,25,30)(H,31,32). The van der Waals surface area contributed by atoms with Crippen molar-refractivity contribution in [2.45, 2.75) is 77.1 Å². The molecule has 2 aliphatic carbocycles. The maximum Gasteiger partial charge on any atom is 0.306 e. The zero-order chi connectivity index (χ0) is 23.3. The fourth-order valence-corrected chi connectivity index (χ4v) is 5.05. The van der Waals surface area contributed by atoms with Crippen molar-refractivity contribution in [3.63, 3.8) is 0 Å². The van der Waals surface area contributed by atoms with Gasteiger partial charge < -0.3 is 15.7 Å². The molecule has 3 heterocycles. The number of carbonyl (C=O) groups excluding carboxylic acids is 1. The SMILES string of the molecule is CCC(=O)NC1CC2(C=C(c3cnc4c(c(C)nn4CC)c3NC3CC(C(=O)O)C3)NO2)C1. The number of nitrogens with one attached hydrogen (secondary N) is 3. The number of pyridine rings is 1. The van der Waals surface area contributed by atoms with Gasteiger partial charge in [0.15, 0.2) is 5.65 Å². The van der Waals surface area contributed by atoms with Crippen molar-refractivity contribution in [3.05, 3.63) is 23.5 Å². The van der Waals surface area contributed by atoms with Crippen LogP contribution in [0.15, 0.2) is 12.3 Å². The highest BCUT2D eigenvalue weighted by Gasteiger charge is 2.48. The van der Waals surface area contributed by atoms with Crippen LogP contribution in [0.4, 0.5) is 5.69 Å². The highest BCUT2D eigenvalue weighted by molar-refractivity contribution is 5.98. The number of hydroxylamine groups is 1. The zero-order valence-corrected chi connectivity index (χ0v) is 19.1. The maximum atomic E-state index is 11.7. The van der Waals surface area contributed by atoms with Gasteiger partial charge in [-0.1, -0.05) is 6.92 Å². The van der Waals surface area contributed by atoms with Crippen LogP contribution < -0.4 is 16.1 Å². The first-order valence-electron chi connectivity index (χ1n) is 11.6. The lowest BCUT2D eigenvalue weighted by atomic mass is 9.75. The van der Waals surface area contributed by atoms with E-state index in [2.05, 4.69) is 27.3 Å². The number of aryl methyl sites for hydroxylation is 2. The third-order valence-electron chi connectivity index (χ3n) is 7.00. The molecule has 2 saturated carbocycles. The molecule has 0 atom stereocenters. The summed E-state index contributed by atoms with van der Waals surface area (Å²) in [6.07, 6.45) is 6.97. The van der Waals surface area contributed by atoms with Crippen LogP contribution in [0, 0.1) is 12.8 Å². The van der Waals surface area contributed by atoms with Crippen molar-refractivity contribution >= 4 is 34.3 Å². The molecule has 0 radical (unpaired) electrons. The zero-order valence-electron chi connectivity index (χ0n) is 19.1. The van der Waals surface area contributed by atoms with E-state index in [0.717, 1.165) is 33.7 Å². The predicted octanol–water partition coefficient (Wildman–Crippen LogP) is 2.34. The highest BCUT2D eigenvalue weighted by Crippen LogP contribution is 2.44. The molecule has 0 bridgehead atoms. The van der Waals surface area contributed by atoms with Crippen LogP contribution in [0.25, 0.3) is 16.7 Å². The van der Waals surface area contributed by atoms with Gasteiger partial charge in [0.1, 0.15) is 5.60 Å². The molecule has 0 unspecified atom stereocenters. The van der Waals surface area contributed by atoms with Crippen molar-refractivity contribution in [2.24, 2.45) is 5.92 Å². The molecule has 1 spiro atoms. The predicted molar refractivity (Wildman–Crippen MR) is 122 cm³/mol. The molecule has 0 saturated heterocycles. The number of fused-ring (bicyclic) bond motifs is 1. The van der Waals surface area contributed by atoms with E-state index in [1.54, 1.807) is 0 Å². The molecular weight excluding hydrogens is 424 g/mol. The molecule has 2 aromatic rings. The number of aliphatic carboxylic acids is 1. The summed E-state index contributed by atoms with van der Waals surface area (Å²) in [4.78, 5) is 33.6. The molecule has 4 N–H and O–H groups in total. The van der Waals surface area contributed by atoms with Gasteiger partial charge in [0.05, 0.1) is 28.4 Å². The van der Waals surface area contributed by atoms with Crippen molar-refractivity contribution in [1.29, 1.82) is 0 Å². The van der Waals surface area contributed by atoms with Crippen molar-refractivity contribution in [2.75, 3.05) is 5.32 Å². The minimum atomic E-state index is -0.742. The Balaban J connectivity index is 1.45. The molecule has 10 heteroatoms. The second kappa shape index (κ2) is 8.02. The third kappa shape index (κ3) is 3.72. The Morgan fingerprint density at radius 1 is 1.30 bits per heavy atom. The Morgan fingerprint density at radius 3 is 2.73 bits per heavy atom. The maximum absolute atomic E-state index is 11.7. The summed E-state index contributed by atoms with van der Waals surface area (Å²) < 4.78 is 1.88. The van der Waals surface area contributed by atoms with Crippen LogP contribution in [0.2, 0.25) is 0 Å². The number of hydrogen-bond acceptors (Lipinski definition) is 7. The molecule has 2 fully saturated rings. The van der Waals surface area contributed by atoms with Crippen LogP contribution in [-0.4, -0.2) is 49.4 Å². The lowest BCUT2D eigenvalue weighted by molar-refractivity contribution is -0.144. The molecule has 33 heavy (non-hydrogen) atoms. The minimum absolute atomic E-state index is 0.0507. The van der Waals surface area contributed by atoms with E-state index >= 15 is 0 Å². The Bertz CT molecular complexity index is 1140. The Kier molecular flexibility index (Phi) is 5.27. The first-order valence-corrected chi connectivity index (χ1v) is 11.6. The van der Waals surface area contributed by atoms with Crippen LogP contribution in [0.1, 0.15) is 57.2 Å². The van der Waals surface area contributed by atoms with E-state index in [0.29, 0.717) is 38.6 Å². The van der Waals surface area contributed by atoms with Gasteiger partial charge in [0, 0.05) is 49.7 Å². The quantitative estimate of drug-likeness (QED) is 0.502. The number of hydrogen-bond donors (Lipinski definition) is 4. The van der Waals surface area contributed by atoms with Gasteiger partial charge in [-0.15, -0.1) is 0 Å². The van der Waals surface area contributed by atoms with Crippen molar-refractivity contribution < 1.29 is 19.5 Å². The smallest absolute Gasteiger partial charge is 0.306 e. The van der Waals surface area contributed by atoms with E-state index in [1.165, 1.54) is 0 Å². The number of nitrogens with zero attached hydrogens (tertiary/aromatic N) is 3. The van der Waals surface area contributed by atoms with Gasteiger partial charge in [-0.3, -0.25) is 19.9 Å². The summed E-state index contributed by atoms with van der Waals surface area (Å²) in [5, 5.41) is 21.5. The van der Waals surface area contributed by atoms with Crippen molar-refractivity contribution in [3.8, 4) is 0 Å². The lowest BCUT2D eigenvalue weighted by Crippen LogP contribution is -2.54. The summed E-state index contributed by atoms with van der Waals surface area (Å²) >= 11 is 0. The third-order valence-corrected chi connectivity index (χ3v) is 7.00. The minimum Gasteiger partial charge on any atom is -0.481 e. The summed E-state index contributed by atoms with van der Waals surface area (Å²) in [6, 6.07) is 0.190. The summed E-state index contributed by atoms with van der Waals surface area (Å²) in [6.45, 7) is 6.55. The van der Waals surface area contributed by atoms with Gasteiger partial charge in [0.25, 0.3) is 0 Å². The van der Waals surface area contributed by atoms with E-state index in [4.69, 9.17) is 9.82 Å². The van der Waals surface area contributed by atoms with Gasteiger partial charge in [-0.25, -0.2) is 9.67 Å². The van der Waals surface area contributed by atoms with Crippen LogP contribution in [0.5, 0.6) is 0 Å². The molecule has 3 aliphatic rings. The Labute approximate surface area is 191 Å². The van der Waals surface area contributed by atoms with Gasteiger partial charge in [0.2, 0.25) is 5.91 Å². The second-order valence-electron chi connectivity index (χ2n) is 9.35. The molecule has 0 aromatic carbocycles. The fraction of sp³-hybridized carbons (Fsp3) is 0.565. The number of carboxylic acids is 1. The van der Waals surface area contributed by atoms with E-state index in [9.17, 15) is 14.7 Å². The highest BCUT2D eigenvalue weighted by atomic mass is 16.7. The number of amides is 1. The second-order valence-corrected chi connectivity index (χ2v) is 9.35. The molecular formula is C23H30N6O4. The van der Waals surface area contributed by atoms with E-state index in [1.807, 2.05) is 31.6 Å². The Hall–Kier alpha value is -3.14. The topological polar surface area (TPSA) is 130 Å². The first kappa shape index (κ1) is 21.7. The number of carbonyl (C=O) groups is 2. The summed E-state index contributed by atoms with van der Waals surface area (Å²) in [5.41, 5.74) is 6.91. The largest absolute Gasteiger partial charge is 0.481 e. The van der Waals surface area contributed by atoms with Crippen molar-refractivity contribution in [1.82, 2.24) is 25.6 Å². The average molecular weight is 455 g/mol. The van der Waals surface area contributed by atoms with E-state index in [-0.39, 0.29) is 23.9 Å². The summed E-state index contributed by atoms with van der Waals surface area (Å²) in [5.74, 6) is -0.994. The first-order chi connectivity index (χ1) is 15.8. The number of aromatic nitrogens is 3. The van der Waals surface area contributed by atoms with Crippen LogP contribution in [0.3, 0.4) is 0 Å². The van der Waals surface area contributed by atoms with Crippen LogP contribution >= 0.6 is 0 Å². The molecule has 176 valence electrons. The number of carboxylic acid groups (broad SMARTS) is 1.